The molecule has 27 nitrogen and oxygen atoms in total. The number of alkyl halides is 6. The molecule has 64 heavy (non-hydrogen) atoms. The SMILES string of the molecule is CC(=O)N1C(O)(O)C(O)(O)N(C2C(O)(O)C(c3c(C)c(O)c(F)c(O)c3O)N(C(=O)N(C)C(C)(O)c3c(O)c(C(F)(F)F)c(O)c(C(F)(F)F)c3O)C(O)(O)C2(O)O)C(O)(O)C1(O)O. The van der Waals surface area contributed by atoms with Crippen LogP contribution in [0.3, 0.4) is 0 Å². The summed E-state index contributed by atoms with van der Waals surface area (Å²) >= 11 is 0. The standard InChI is InChI=1S/C30H35F7N4O23/c1-5-7(13(44)17(48)11(31)12(5)43)18-22(51,52)19(41-29(61,62)27(57,58)40(6(2)42)28(59,60)30(41,63)64)23(53,54)26(55,56)39(18)20(49)38(4)21(3,50)8-14(45)9(24(32,33)34)16(47)10(15(8)46)25(35,36)37/h18-19,43-48,50-64H,1-4H3. The van der Waals surface area contributed by atoms with E-state index in [2.05, 4.69) is 0 Å². The highest BCUT2D eigenvalue weighted by Gasteiger charge is 2.86. The number of aromatic hydroxyl groups is 6. The Balaban J connectivity index is 2.22. The summed E-state index contributed by atoms with van der Waals surface area (Å²) in [4.78, 5) is 21.0. The number of carbonyl (C=O) groups excluding carboxylic acids is 2. The molecule has 3 unspecified atom stereocenters. The number of rotatable bonds is 4. The van der Waals surface area contributed by atoms with Gasteiger partial charge in [0.1, 0.15) is 40.5 Å². The van der Waals surface area contributed by atoms with Gasteiger partial charge in [0, 0.05) is 25.1 Å². The zero-order valence-electron chi connectivity index (χ0n) is 31.8. The van der Waals surface area contributed by atoms with Crippen LogP contribution in [0, 0.1) is 12.7 Å². The number of hydrogen-bond acceptors (Lipinski definition) is 24. The normalized spacial score (nSPS) is 24.5. The molecule has 0 bridgehead atoms. The second kappa shape index (κ2) is 14.2. The maximum absolute atomic E-state index is 14.8. The third kappa shape index (κ3) is 6.45. The summed E-state index contributed by atoms with van der Waals surface area (Å²) in [7, 11) is -0.0926. The highest BCUT2D eigenvalue weighted by atomic mass is 19.4. The topological polar surface area (TPSA) is 472 Å². The Morgan fingerprint density at radius 2 is 0.984 bits per heavy atom. The van der Waals surface area contributed by atoms with Gasteiger partial charge in [-0.25, -0.2) is 9.69 Å². The van der Waals surface area contributed by atoms with Crippen LogP contribution in [-0.4, -0.2) is 193 Å². The number of piperidine rings is 1. The van der Waals surface area contributed by atoms with Crippen LogP contribution in [0.4, 0.5) is 35.5 Å². The molecule has 21 N–H and O–H groups in total. The second-order valence-corrected chi connectivity index (χ2v) is 14.5. The molecule has 0 aromatic heterocycles. The first-order chi connectivity index (χ1) is 28.1. The van der Waals surface area contributed by atoms with Gasteiger partial charge in [-0.2, -0.15) is 35.6 Å². The van der Waals surface area contributed by atoms with Gasteiger partial charge in [-0.15, -0.1) is 0 Å². The number of urea groups is 1. The smallest absolute Gasteiger partial charge is 0.423 e. The van der Waals surface area contributed by atoms with E-state index in [9.17, 15) is 148 Å². The molecule has 0 spiro atoms. The molecule has 2 aliphatic rings. The van der Waals surface area contributed by atoms with Crippen LogP contribution in [0.25, 0.3) is 0 Å². The van der Waals surface area contributed by atoms with Crippen molar-refractivity contribution >= 4 is 11.9 Å². The highest BCUT2D eigenvalue weighted by Crippen LogP contribution is 2.60. The monoisotopic (exact) mass is 952 g/mol. The van der Waals surface area contributed by atoms with Crippen molar-refractivity contribution < 1.29 is 148 Å². The fraction of sp³-hybridized carbons (Fsp3) is 0.533. The molecule has 2 heterocycles. The van der Waals surface area contributed by atoms with Crippen molar-refractivity contribution in [2.24, 2.45) is 0 Å². The minimum Gasteiger partial charge on any atom is -0.507 e. The lowest BCUT2D eigenvalue weighted by Gasteiger charge is -2.67. The van der Waals surface area contributed by atoms with Crippen molar-refractivity contribution in [2.45, 2.75) is 92.1 Å². The van der Waals surface area contributed by atoms with Gasteiger partial charge in [0.05, 0.1) is 5.56 Å². The highest BCUT2D eigenvalue weighted by molar-refractivity contribution is 5.79. The number of carbonyl (C=O) groups is 2. The molecule has 2 fully saturated rings. The van der Waals surface area contributed by atoms with E-state index < -0.39 is 171 Å². The van der Waals surface area contributed by atoms with E-state index >= 15 is 0 Å². The first-order valence-corrected chi connectivity index (χ1v) is 16.6. The van der Waals surface area contributed by atoms with Gasteiger partial charge in [0.15, 0.2) is 23.0 Å². The number of halogens is 7. The second-order valence-electron chi connectivity index (χ2n) is 14.5. The largest absolute Gasteiger partial charge is 0.507 e. The summed E-state index contributed by atoms with van der Waals surface area (Å²) in [6.07, 6.45) is -12.6. The lowest BCUT2D eigenvalue weighted by molar-refractivity contribution is -0.623. The lowest BCUT2D eigenvalue weighted by atomic mass is 9.76. The minimum atomic E-state index is -6.28. The number of likely N-dealkylation sites (tertiary alicyclic amines) is 1. The van der Waals surface area contributed by atoms with Crippen molar-refractivity contribution in [3.8, 4) is 34.5 Å². The number of phenols is 6. The molecule has 2 saturated heterocycles. The Morgan fingerprint density at radius 1 is 0.609 bits per heavy atom. The summed E-state index contributed by atoms with van der Waals surface area (Å²) in [5.41, 5.74) is -16.7. The van der Waals surface area contributed by atoms with E-state index in [-0.39, 0.29) is 20.9 Å². The van der Waals surface area contributed by atoms with Gasteiger partial charge in [0.2, 0.25) is 17.5 Å². The van der Waals surface area contributed by atoms with Crippen molar-refractivity contribution in [2.75, 3.05) is 7.05 Å². The van der Waals surface area contributed by atoms with Gasteiger partial charge in [-0.3, -0.25) is 14.6 Å². The molecule has 4 rings (SSSR count). The third-order valence-electron chi connectivity index (χ3n) is 10.6. The van der Waals surface area contributed by atoms with Crippen LogP contribution in [0.1, 0.15) is 47.7 Å². The Bertz CT molecular complexity index is 2200. The van der Waals surface area contributed by atoms with E-state index in [0.29, 0.717) is 6.92 Å². The molecule has 2 aliphatic heterocycles. The molecular formula is C30H35F7N4O23. The molecule has 2 aromatic carbocycles. The quantitative estimate of drug-likeness (QED) is 0.0587. The van der Waals surface area contributed by atoms with Crippen LogP contribution in [0.5, 0.6) is 34.5 Å². The number of phenolic OH excluding ortho intramolecular Hbond substituents is 6. The molecule has 0 saturated carbocycles. The van der Waals surface area contributed by atoms with Crippen molar-refractivity contribution in [3.63, 3.8) is 0 Å². The van der Waals surface area contributed by atoms with E-state index in [1.165, 1.54) is 0 Å². The van der Waals surface area contributed by atoms with Crippen LogP contribution >= 0.6 is 0 Å². The predicted molar refractivity (Wildman–Crippen MR) is 173 cm³/mol. The zero-order valence-corrected chi connectivity index (χ0v) is 31.8. The van der Waals surface area contributed by atoms with E-state index in [1.54, 1.807) is 0 Å². The van der Waals surface area contributed by atoms with Crippen molar-refractivity contribution in [3.05, 3.63) is 33.6 Å². The molecular weight excluding hydrogens is 917 g/mol. The maximum atomic E-state index is 14.8. The lowest BCUT2D eigenvalue weighted by Crippen LogP contribution is -2.96. The molecule has 3 amide bonds. The fourth-order valence-electron chi connectivity index (χ4n) is 7.35. The first-order valence-electron chi connectivity index (χ1n) is 16.6. The van der Waals surface area contributed by atoms with Gasteiger partial charge in [0.25, 0.3) is 5.79 Å². The van der Waals surface area contributed by atoms with Crippen LogP contribution in [-0.2, 0) is 22.9 Å². The van der Waals surface area contributed by atoms with Gasteiger partial charge in [-0.1, -0.05) is 0 Å². The summed E-state index contributed by atoms with van der Waals surface area (Å²) in [6.45, 7) is 0.271. The number of aliphatic hydroxyl groups is 15. The van der Waals surface area contributed by atoms with E-state index in [1.807, 2.05) is 0 Å². The molecule has 3 atom stereocenters. The molecule has 34 heteroatoms. The van der Waals surface area contributed by atoms with Gasteiger partial charge < -0.3 is 107 Å². The Labute approximate surface area is 346 Å². The van der Waals surface area contributed by atoms with Crippen molar-refractivity contribution in [1.29, 1.82) is 0 Å². The maximum Gasteiger partial charge on any atom is 0.423 e. The summed E-state index contributed by atoms with van der Waals surface area (Å²) in [6, 6.07) is -11.9. The Kier molecular flexibility index (Phi) is 11.4. The number of piperazine rings is 1. The first kappa shape index (κ1) is 51.5. The molecule has 2 aromatic rings. The zero-order chi connectivity index (χ0) is 50.5. The average molecular weight is 953 g/mol. The predicted octanol–water partition coefficient (Wildman–Crippen LogP) is -6.23. The summed E-state index contributed by atoms with van der Waals surface area (Å²) in [5.74, 6) is -58.2. The van der Waals surface area contributed by atoms with Crippen LogP contribution in [0.2, 0.25) is 0 Å². The Hall–Kier alpha value is -5.15. The molecule has 0 aliphatic carbocycles. The minimum absolute atomic E-state index is 0.0926. The fourth-order valence-corrected chi connectivity index (χ4v) is 7.35. The summed E-state index contributed by atoms with van der Waals surface area (Å²) in [5, 5.41) is 230. The van der Waals surface area contributed by atoms with Gasteiger partial charge in [-0.05, 0) is 13.8 Å². The van der Waals surface area contributed by atoms with Crippen molar-refractivity contribution in [1.82, 2.24) is 19.6 Å². The molecule has 0 radical (unpaired) electrons. The number of amides is 3. The number of nitrogens with zero attached hydrogens (tertiary/aromatic N) is 4. The van der Waals surface area contributed by atoms with E-state index in [4.69, 9.17) is 0 Å². The number of benzene rings is 2. The summed E-state index contributed by atoms with van der Waals surface area (Å²) < 4.78 is 98.8. The van der Waals surface area contributed by atoms with E-state index in [0.717, 1.165) is 0 Å². The Morgan fingerprint density at radius 3 is 1.34 bits per heavy atom. The van der Waals surface area contributed by atoms with Gasteiger partial charge >= 0.3 is 47.9 Å². The third-order valence-corrected chi connectivity index (χ3v) is 10.6. The average Bonchev–Trinajstić information content (AvgIpc) is 3.07. The number of hydrogen-bond donors (Lipinski definition) is 21. The molecule has 362 valence electrons. The van der Waals surface area contributed by atoms with Crippen LogP contribution < -0.4 is 0 Å². The van der Waals surface area contributed by atoms with Crippen LogP contribution in [0.15, 0.2) is 0 Å².